The van der Waals surface area contributed by atoms with Crippen molar-refractivity contribution in [3.8, 4) is 0 Å². The Hall–Kier alpha value is -3.85. The predicted molar refractivity (Wildman–Crippen MR) is 116 cm³/mol. The van der Waals surface area contributed by atoms with Crippen LogP contribution in [0.1, 0.15) is 21.5 Å². The largest absolute Gasteiger partial charge is 0.318 e. The number of amides is 1. The summed E-state index contributed by atoms with van der Waals surface area (Å²) in [6, 6.07) is 13.9. The number of aromatic nitrogens is 4. The number of carbonyl (C=O) groups excluding carboxylic acids is 1. The van der Waals surface area contributed by atoms with Crippen LogP contribution in [-0.4, -0.2) is 25.4 Å². The van der Waals surface area contributed by atoms with Crippen molar-refractivity contribution in [3.05, 3.63) is 96.9 Å². The molecular weight excluding hydrogens is 402 g/mol. The lowest BCUT2D eigenvalue weighted by Gasteiger charge is -2.12. The Morgan fingerprint density at radius 1 is 1.13 bits per heavy atom. The number of pyridine rings is 2. The standard InChI is InChI=1S/C21H17N5O3S/c1-12-4-6-13(7-5-12)11-26-18-14(3-2-8-22-18)9-15(20(26)29)19(28)23-16-10-17(27)25-21(30)24-16/h2-10H,11H2,1H3,(H3,23,24,25,27,28,30). The third kappa shape index (κ3) is 3.96. The maximum absolute atomic E-state index is 13.2. The normalized spacial score (nSPS) is 10.8. The molecule has 3 N–H and O–H groups in total. The molecule has 4 rings (SSSR count). The number of aryl methyl sites for hydroxylation is 1. The quantitative estimate of drug-likeness (QED) is 0.440. The van der Waals surface area contributed by atoms with Gasteiger partial charge in [0.15, 0.2) is 4.77 Å². The highest BCUT2D eigenvalue weighted by atomic mass is 32.1. The molecule has 0 bridgehead atoms. The number of benzene rings is 1. The Labute approximate surface area is 175 Å². The van der Waals surface area contributed by atoms with Crippen LogP contribution in [0.15, 0.2) is 64.3 Å². The van der Waals surface area contributed by atoms with Gasteiger partial charge in [-0.1, -0.05) is 29.8 Å². The minimum absolute atomic E-state index is 0.0669. The molecule has 150 valence electrons. The first-order valence-corrected chi connectivity index (χ1v) is 9.50. The van der Waals surface area contributed by atoms with E-state index in [0.29, 0.717) is 11.0 Å². The zero-order valence-corrected chi connectivity index (χ0v) is 16.7. The van der Waals surface area contributed by atoms with Crippen molar-refractivity contribution in [1.29, 1.82) is 0 Å². The van der Waals surface area contributed by atoms with Crippen LogP contribution in [0.3, 0.4) is 0 Å². The second-order valence-corrected chi connectivity index (χ2v) is 7.21. The van der Waals surface area contributed by atoms with Crippen molar-refractivity contribution >= 4 is 35.0 Å². The molecule has 0 unspecified atom stereocenters. The molecule has 0 spiro atoms. The van der Waals surface area contributed by atoms with Crippen LogP contribution in [-0.2, 0) is 6.54 Å². The fraction of sp³-hybridized carbons (Fsp3) is 0.0952. The Bertz CT molecular complexity index is 1410. The summed E-state index contributed by atoms with van der Waals surface area (Å²) in [5, 5.41) is 3.18. The number of nitrogens with one attached hydrogen (secondary N) is 3. The first-order valence-electron chi connectivity index (χ1n) is 9.10. The average molecular weight is 419 g/mol. The number of anilines is 1. The van der Waals surface area contributed by atoms with E-state index in [-0.39, 0.29) is 22.7 Å². The average Bonchev–Trinajstić information content (AvgIpc) is 2.70. The summed E-state index contributed by atoms with van der Waals surface area (Å²) in [6.45, 7) is 2.25. The van der Waals surface area contributed by atoms with Gasteiger partial charge < -0.3 is 10.3 Å². The molecule has 1 aromatic carbocycles. The lowest BCUT2D eigenvalue weighted by Crippen LogP contribution is -2.30. The summed E-state index contributed by atoms with van der Waals surface area (Å²) >= 11 is 4.91. The van der Waals surface area contributed by atoms with Crippen LogP contribution in [0.4, 0.5) is 5.82 Å². The summed E-state index contributed by atoms with van der Waals surface area (Å²) in [5.41, 5.74) is 1.48. The van der Waals surface area contributed by atoms with E-state index in [9.17, 15) is 14.4 Å². The molecule has 0 fully saturated rings. The summed E-state index contributed by atoms with van der Waals surface area (Å²) in [6.07, 6.45) is 1.60. The molecule has 9 heteroatoms. The van der Waals surface area contributed by atoms with Crippen LogP contribution in [0, 0.1) is 11.7 Å². The van der Waals surface area contributed by atoms with E-state index in [1.165, 1.54) is 10.6 Å². The maximum atomic E-state index is 13.2. The predicted octanol–water partition coefficient (Wildman–Crippen LogP) is 2.75. The first-order chi connectivity index (χ1) is 14.4. The van der Waals surface area contributed by atoms with Gasteiger partial charge in [0.2, 0.25) is 0 Å². The van der Waals surface area contributed by atoms with Crippen LogP contribution in [0.2, 0.25) is 0 Å². The maximum Gasteiger partial charge on any atom is 0.265 e. The van der Waals surface area contributed by atoms with Gasteiger partial charge in [0.25, 0.3) is 17.0 Å². The second-order valence-electron chi connectivity index (χ2n) is 6.81. The minimum Gasteiger partial charge on any atom is -0.318 e. The van der Waals surface area contributed by atoms with E-state index in [4.69, 9.17) is 12.2 Å². The van der Waals surface area contributed by atoms with E-state index < -0.39 is 17.0 Å². The molecule has 0 aliphatic heterocycles. The molecule has 3 heterocycles. The van der Waals surface area contributed by atoms with Crippen LogP contribution < -0.4 is 16.4 Å². The van der Waals surface area contributed by atoms with Crippen LogP contribution >= 0.6 is 12.2 Å². The van der Waals surface area contributed by atoms with Crippen LogP contribution in [0.25, 0.3) is 11.0 Å². The van der Waals surface area contributed by atoms with Crippen molar-refractivity contribution in [1.82, 2.24) is 19.5 Å². The Morgan fingerprint density at radius 2 is 1.90 bits per heavy atom. The Kier molecular flexibility index (Phi) is 5.11. The van der Waals surface area contributed by atoms with Crippen molar-refractivity contribution in [3.63, 3.8) is 0 Å². The number of aromatic amines is 2. The topological polar surface area (TPSA) is 113 Å². The van der Waals surface area contributed by atoms with E-state index >= 15 is 0 Å². The summed E-state index contributed by atoms with van der Waals surface area (Å²) in [4.78, 5) is 47.0. The molecular formula is C21H17N5O3S. The fourth-order valence-electron chi connectivity index (χ4n) is 3.12. The fourth-order valence-corrected chi connectivity index (χ4v) is 3.33. The number of nitrogens with zero attached hydrogens (tertiary/aromatic N) is 2. The molecule has 0 saturated carbocycles. The van der Waals surface area contributed by atoms with Crippen molar-refractivity contribution in [2.75, 3.05) is 5.32 Å². The van der Waals surface area contributed by atoms with Gasteiger partial charge in [0, 0.05) is 17.6 Å². The molecule has 0 radical (unpaired) electrons. The zero-order valence-electron chi connectivity index (χ0n) is 15.9. The van der Waals surface area contributed by atoms with Gasteiger partial charge in [-0.25, -0.2) is 4.98 Å². The zero-order chi connectivity index (χ0) is 21.3. The summed E-state index contributed by atoms with van der Waals surface area (Å²) < 4.78 is 1.53. The molecule has 0 aliphatic carbocycles. The van der Waals surface area contributed by atoms with E-state index in [1.807, 2.05) is 31.2 Å². The second kappa shape index (κ2) is 7.88. The van der Waals surface area contributed by atoms with Gasteiger partial charge in [-0.15, -0.1) is 0 Å². The van der Waals surface area contributed by atoms with Gasteiger partial charge in [-0.2, -0.15) is 0 Å². The SMILES string of the molecule is Cc1ccc(Cn2c(=O)c(C(=O)Nc3cc(=O)[nH]c(=S)[nH]3)cc3cccnc32)cc1. The molecule has 0 aliphatic rings. The van der Waals surface area contributed by atoms with E-state index in [2.05, 4.69) is 20.3 Å². The summed E-state index contributed by atoms with van der Waals surface area (Å²) in [7, 11) is 0. The van der Waals surface area contributed by atoms with Crippen molar-refractivity contribution in [2.24, 2.45) is 0 Å². The highest BCUT2D eigenvalue weighted by molar-refractivity contribution is 7.71. The summed E-state index contributed by atoms with van der Waals surface area (Å²) in [5.74, 6) is -0.552. The smallest absolute Gasteiger partial charge is 0.265 e. The van der Waals surface area contributed by atoms with E-state index in [0.717, 1.165) is 17.2 Å². The molecule has 30 heavy (non-hydrogen) atoms. The lowest BCUT2D eigenvalue weighted by atomic mass is 10.1. The molecule has 0 atom stereocenters. The first kappa shape index (κ1) is 19.5. The molecule has 8 nitrogen and oxygen atoms in total. The van der Waals surface area contributed by atoms with Crippen LogP contribution in [0.5, 0.6) is 0 Å². The molecule has 0 saturated heterocycles. The van der Waals surface area contributed by atoms with Gasteiger partial charge in [-0.05, 0) is 42.9 Å². The minimum atomic E-state index is -0.653. The van der Waals surface area contributed by atoms with E-state index in [1.54, 1.807) is 18.3 Å². The Morgan fingerprint density at radius 3 is 2.63 bits per heavy atom. The number of H-pyrrole nitrogens is 2. The van der Waals surface area contributed by atoms with Gasteiger partial charge in [0.05, 0.1) is 6.54 Å². The molecule has 1 amide bonds. The number of fused-ring (bicyclic) bond motifs is 1. The molecule has 3 aromatic heterocycles. The molecule has 4 aromatic rings. The number of carbonyl (C=O) groups is 1. The highest BCUT2D eigenvalue weighted by Gasteiger charge is 2.17. The monoisotopic (exact) mass is 419 g/mol. The third-order valence-electron chi connectivity index (χ3n) is 4.56. The highest BCUT2D eigenvalue weighted by Crippen LogP contribution is 2.14. The number of hydrogen-bond donors (Lipinski definition) is 3. The Balaban J connectivity index is 1.80. The van der Waals surface area contributed by atoms with Crippen molar-refractivity contribution in [2.45, 2.75) is 13.5 Å². The van der Waals surface area contributed by atoms with Gasteiger partial charge in [-0.3, -0.25) is 23.9 Å². The lowest BCUT2D eigenvalue weighted by molar-refractivity contribution is 0.102. The van der Waals surface area contributed by atoms with Crippen molar-refractivity contribution < 1.29 is 4.79 Å². The third-order valence-corrected chi connectivity index (χ3v) is 4.77. The number of hydrogen-bond acceptors (Lipinski definition) is 5. The van der Waals surface area contributed by atoms with Gasteiger partial charge >= 0.3 is 0 Å². The van der Waals surface area contributed by atoms with Gasteiger partial charge in [0.1, 0.15) is 17.0 Å². The number of rotatable bonds is 4.